The Morgan fingerprint density at radius 2 is 2.07 bits per heavy atom. The highest BCUT2D eigenvalue weighted by molar-refractivity contribution is 9.09. The summed E-state index contributed by atoms with van der Waals surface area (Å²) in [4.78, 5) is 4.89. The minimum Gasteiger partial charge on any atom is -0.248 e. The van der Waals surface area contributed by atoms with Gasteiger partial charge in [0.15, 0.2) is 0 Å². The quantitative estimate of drug-likeness (QED) is 0.772. The monoisotopic (exact) mass is 273 g/mol. The van der Waals surface area contributed by atoms with Gasteiger partial charge in [0.1, 0.15) is 12.2 Å². The Balaban J connectivity index is 2.67. The van der Waals surface area contributed by atoms with Crippen LogP contribution in [-0.4, -0.2) is 19.6 Å². The predicted molar refractivity (Wildman–Crippen MR) is 66.3 cm³/mol. The molecule has 0 saturated heterocycles. The number of halogens is 1. The summed E-state index contributed by atoms with van der Waals surface area (Å²) in [6, 6.07) is 0.394. The van der Waals surface area contributed by atoms with Crippen molar-refractivity contribution in [2.45, 2.75) is 51.4 Å². The number of aromatic nitrogens is 3. The fourth-order valence-electron chi connectivity index (χ4n) is 1.67. The second-order valence-corrected chi connectivity index (χ2v) is 5.50. The lowest BCUT2D eigenvalue weighted by Crippen LogP contribution is -2.17. The van der Waals surface area contributed by atoms with Gasteiger partial charge in [0, 0.05) is 17.3 Å². The normalized spacial score (nSPS) is 15.6. The minimum atomic E-state index is 0.394. The van der Waals surface area contributed by atoms with Crippen LogP contribution in [0.2, 0.25) is 0 Å². The van der Waals surface area contributed by atoms with Gasteiger partial charge in [-0.1, -0.05) is 29.8 Å². The summed E-state index contributed by atoms with van der Waals surface area (Å²) in [6.07, 6.45) is 3.79. The molecule has 0 aliphatic rings. The molecule has 2 atom stereocenters. The molecule has 0 aliphatic carbocycles. The molecule has 0 amide bonds. The fourth-order valence-corrected chi connectivity index (χ4v) is 1.86. The second kappa shape index (κ2) is 5.64. The number of rotatable bonds is 5. The van der Waals surface area contributed by atoms with Crippen LogP contribution in [0, 0.1) is 5.92 Å². The molecule has 1 aromatic rings. The first-order chi connectivity index (χ1) is 7.06. The molecular weight excluding hydrogens is 254 g/mol. The summed E-state index contributed by atoms with van der Waals surface area (Å²) < 4.78 is 2.01. The predicted octanol–water partition coefficient (Wildman–Crippen LogP) is 3.21. The van der Waals surface area contributed by atoms with Crippen LogP contribution in [0.25, 0.3) is 0 Å². The molecule has 0 aliphatic heterocycles. The van der Waals surface area contributed by atoms with Gasteiger partial charge in [-0.3, -0.25) is 0 Å². The summed E-state index contributed by atoms with van der Waals surface area (Å²) in [5, 5.41) is 4.24. The van der Waals surface area contributed by atoms with Crippen LogP contribution < -0.4 is 0 Å². The molecule has 0 N–H and O–H groups in total. The molecule has 1 aromatic heterocycles. The van der Waals surface area contributed by atoms with Crippen molar-refractivity contribution >= 4 is 15.9 Å². The molecular formula is C11H20BrN3. The number of hydrogen-bond donors (Lipinski definition) is 0. The Kier molecular flexibility index (Phi) is 4.77. The highest BCUT2D eigenvalue weighted by Gasteiger charge is 2.16. The first-order valence-corrected chi connectivity index (χ1v) is 6.50. The number of hydrogen-bond acceptors (Lipinski definition) is 2. The number of alkyl halides is 1. The summed E-state index contributed by atoms with van der Waals surface area (Å²) in [7, 11) is 0. The first-order valence-electron chi connectivity index (χ1n) is 5.58. The molecule has 3 nitrogen and oxygen atoms in total. The van der Waals surface area contributed by atoms with Gasteiger partial charge in [-0.25, -0.2) is 9.67 Å². The number of nitrogens with zero attached hydrogens (tertiary/aromatic N) is 3. The van der Waals surface area contributed by atoms with E-state index in [-0.39, 0.29) is 0 Å². The molecule has 0 spiro atoms. The lowest BCUT2D eigenvalue weighted by molar-refractivity contribution is 0.462. The van der Waals surface area contributed by atoms with Crippen molar-refractivity contribution in [3.8, 4) is 0 Å². The Bertz CT molecular complexity index is 296. The zero-order chi connectivity index (χ0) is 11.4. The van der Waals surface area contributed by atoms with Crippen molar-refractivity contribution in [1.82, 2.24) is 14.8 Å². The Hall–Kier alpha value is -0.380. The Labute approximate surface area is 100 Å². The van der Waals surface area contributed by atoms with Gasteiger partial charge in [-0.05, 0) is 26.2 Å². The maximum Gasteiger partial charge on any atom is 0.138 e. The second-order valence-electron chi connectivity index (χ2n) is 4.32. The van der Waals surface area contributed by atoms with E-state index in [9.17, 15) is 0 Å². The Morgan fingerprint density at radius 1 is 1.40 bits per heavy atom. The summed E-state index contributed by atoms with van der Waals surface area (Å²) >= 11 is 3.69. The average molecular weight is 274 g/mol. The van der Waals surface area contributed by atoms with Gasteiger partial charge < -0.3 is 0 Å². The van der Waals surface area contributed by atoms with Crippen LogP contribution in [0.3, 0.4) is 0 Å². The van der Waals surface area contributed by atoms with E-state index in [1.807, 2.05) is 4.68 Å². The van der Waals surface area contributed by atoms with Gasteiger partial charge >= 0.3 is 0 Å². The molecule has 2 unspecified atom stereocenters. The van der Waals surface area contributed by atoms with E-state index in [1.54, 1.807) is 6.33 Å². The minimum absolute atomic E-state index is 0.394. The van der Waals surface area contributed by atoms with Crippen molar-refractivity contribution in [3.63, 3.8) is 0 Å². The van der Waals surface area contributed by atoms with E-state index in [0.717, 1.165) is 18.7 Å². The standard InChI is InChI=1S/C11H20BrN3/c1-5-10(12)9(4)6-11-13-7-14-15(11)8(2)3/h7-10H,5-6H2,1-4H3. The van der Waals surface area contributed by atoms with Crippen LogP contribution in [0.4, 0.5) is 0 Å². The summed E-state index contributed by atoms with van der Waals surface area (Å²) in [5.74, 6) is 1.69. The Morgan fingerprint density at radius 3 is 2.60 bits per heavy atom. The van der Waals surface area contributed by atoms with Crippen LogP contribution in [-0.2, 0) is 6.42 Å². The molecule has 1 heterocycles. The molecule has 0 saturated carbocycles. The maximum absolute atomic E-state index is 4.33. The first kappa shape index (κ1) is 12.7. The molecule has 0 aromatic carbocycles. The third-order valence-electron chi connectivity index (χ3n) is 2.65. The molecule has 4 heteroatoms. The highest BCUT2D eigenvalue weighted by atomic mass is 79.9. The largest absolute Gasteiger partial charge is 0.248 e. The van der Waals surface area contributed by atoms with Gasteiger partial charge in [-0.15, -0.1) is 0 Å². The van der Waals surface area contributed by atoms with Gasteiger partial charge in [0.05, 0.1) is 0 Å². The molecule has 86 valence electrons. The van der Waals surface area contributed by atoms with Crippen molar-refractivity contribution < 1.29 is 0 Å². The van der Waals surface area contributed by atoms with Crippen LogP contribution in [0.5, 0.6) is 0 Å². The van der Waals surface area contributed by atoms with E-state index in [1.165, 1.54) is 0 Å². The fraction of sp³-hybridized carbons (Fsp3) is 0.818. The van der Waals surface area contributed by atoms with Crippen molar-refractivity contribution in [2.24, 2.45) is 5.92 Å². The third kappa shape index (κ3) is 3.30. The van der Waals surface area contributed by atoms with Crippen molar-refractivity contribution in [1.29, 1.82) is 0 Å². The smallest absolute Gasteiger partial charge is 0.138 e. The molecule has 0 radical (unpaired) electrons. The maximum atomic E-state index is 4.33. The molecule has 15 heavy (non-hydrogen) atoms. The van der Waals surface area contributed by atoms with E-state index < -0.39 is 0 Å². The SMILES string of the molecule is CCC(Br)C(C)Cc1ncnn1C(C)C. The van der Waals surface area contributed by atoms with E-state index in [0.29, 0.717) is 16.8 Å². The molecule has 1 rings (SSSR count). The van der Waals surface area contributed by atoms with Crippen LogP contribution in [0.1, 0.15) is 46.0 Å². The zero-order valence-corrected chi connectivity index (χ0v) is 11.5. The summed E-state index contributed by atoms with van der Waals surface area (Å²) in [5.41, 5.74) is 0. The van der Waals surface area contributed by atoms with Gasteiger partial charge in [-0.2, -0.15) is 5.10 Å². The van der Waals surface area contributed by atoms with E-state index in [4.69, 9.17) is 0 Å². The van der Waals surface area contributed by atoms with Crippen molar-refractivity contribution in [3.05, 3.63) is 12.2 Å². The molecule has 0 bridgehead atoms. The van der Waals surface area contributed by atoms with Crippen LogP contribution in [0.15, 0.2) is 6.33 Å². The lowest BCUT2D eigenvalue weighted by atomic mass is 10.0. The summed E-state index contributed by atoms with van der Waals surface area (Å²) in [6.45, 7) is 8.72. The highest BCUT2D eigenvalue weighted by Crippen LogP contribution is 2.20. The molecule has 0 fully saturated rings. The van der Waals surface area contributed by atoms with Crippen LogP contribution >= 0.6 is 15.9 Å². The average Bonchev–Trinajstić information content (AvgIpc) is 2.64. The lowest BCUT2D eigenvalue weighted by Gasteiger charge is -2.17. The topological polar surface area (TPSA) is 30.7 Å². The van der Waals surface area contributed by atoms with Gasteiger partial charge in [0.2, 0.25) is 0 Å². The van der Waals surface area contributed by atoms with Crippen molar-refractivity contribution in [2.75, 3.05) is 0 Å². The van der Waals surface area contributed by atoms with E-state index in [2.05, 4.69) is 53.7 Å². The van der Waals surface area contributed by atoms with Gasteiger partial charge in [0.25, 0.3) is 0 Å². The third-order valence-corrected chi connectivity index (χ3v) is 4.20. The zero-order valence-electron chi connectivity index (χ0n) is 9.94. The van der Waals surface area contributed by atoms with E-state index >= 15 is 0 Å².